The van der Waals surface area contributed by atoms with Crippen LogP contribution in [0, 0.1) is 6.92 Å². The van der Waals surface area contributed by atoms with E-state index in [1.54, 1.807) is 11.0 Å². The van der Waals surface area contributed by atoms with Crippen LogP contribution in [0.2, 0.25) is 5.02 Å². The zero-order chi connectivity index (χ0) is 13.1. The van der Waals surface area contributed by atoms with Crippen molar-refractivity contribution < 1.29 is 9.90 Å². The number of amides is 2. The number of nitrogens with zero attached hydrogens (tertiary/aromatic N) is 1. The van der Waals surface area contributed by atoms with E-state index in [1.807, 2.05) is 19.1 Å². The topological polar surface area (TPSA) is 52.6 Å². The molecule has 0 heterocycles. The van der Waals surface area contributed by atoms with Crippen LogP contribution in [-0.4, -0.2) is 35.2 Å². The van der Waals surface area contributed by atoms with Gasteiger partial charge < -0.3 is 15.3 Å². The molecule has 1 saturated carbocycles. The van der Waals surface area contributed by atoms with Gasteiger partial charge in [-0.05, 0) is 37.5 Å². The second-order valence-electron chi connectivity index (χ2n) is 4.56. The van der Waals surface area contributed by atoms with E-state index in [4.69, 9.17) is 16.7 Å². The van der Waals surface area contributed by atoms with E-state index >= 15 is 0 Å². The Morgan fingerprint density at radius 1 is 1.56 bits per heavy atom. The molecule has 1 fully saturated rings. The fourth-order valence-electron chi connectivity index (χ4n) is 1.85. The quantitative estimate of drug-likeness (QED) is 0.882. The normalized spacial score (nSPS) is 14.4. The largest absolute Gasteiger partial charge is 0.395 e. The summed E-state index contributed by atoms with van der Waals surface area (Å²) < 4.78 is 0. The van der Waals surface area contributed by atoms with Gasteiger partial charge in [0.25, 0.3) is 0 Å². The minimum Gasteiger partial charge on any atom is -0.395 e. The van der Waals surface area contributed by atoms with Gasteiger partial charge in [-0.25, -0.2) is 4.79 Å². The van der Waals surface area contributed by atoms with Crippen molar-refractivity contribution in [1.29, 1.82) is 0 Å². The van der Waals surface area contributed by atoms with Crippen LogP contribution in [0.3, 0.4) is 0 Å². The van der Waals surface area contributed by atoms with Crippen molar-refractivity contribution >= 4 is 23.3 Å². The minimum atomic E-state index is -0.197. The van der Waals surface area contributed by atoms with Gasteiger partial charge in [-0.3, -0.25) is 0 Å². The molecule has 0 aliphatic heterocycles. The van der Waals surface area contributed by atoms with E-state index in [0.717, 1.165) is 18.4 Å². The predicted octanol–water partition coefficient (Wildman–Crippen LogP) is 2.64. The standard InChI is InChI=1S/C13H17ClN2O2/c1-9-2-5-12(11(14)8-9)15-13(18)16(6-7-17)10-3-4-10/h2,5,8,10,17H,3-4,6-7H2,1H3,(H,15,18). The maximum atomic E-state index is 12.1. The Bertz CT molecular complexity index is 447. The van der Waals surface area contributed by atoms with Crippen molar-refractivity contribution in [2.45, 2.75) is 25.8 Å². The van der Waals surface area contributed by atoms with Gasteiger partial charge in [-0.2, -0.15) is 0 Å². The zero-order valence-corrected chi connectivity index (χ0v) is 11.1. The highest BCUT2D eigenvalue weighted by atomic mass is 35.5. The number of urea groups is 1. The summed E-state index contributed by atoms with van der Waals surface area (Å²) in [5, 5.41) is 12.3. The highest BCUT2D eigenvalue weighted by Crippen LogP contribution is 2.28. The number of rotatable bonds is 4. The Kier molecular flexibility index (Phi) is 4.09. The number of halogens is 1. The summed E-state index contributed by atoms with van der Waals surface area (Å²) in [5.74, 6) is 0. The highest BCUT2D eigenvalue weighted by Gasteiger charge is 2.32. The second kappa shape index (κ2) is 5.59. The molecular weight excluding hydrogens is 252 g/mol. The number of hydrogen-bond donors (Lipinski definition) is 2. The van der Waals surface area contributed by atoms with E-state index in [0.29, 0.717) is 17.3 Å². The Balaban J connectivity index is 2.05. The lowest BCUT2D eigenvalue weighted by Gasteiger charge is -2.22. The fourth-order valence-corrected chi connectivity index (χ4v) is 2.13. The molecule has 0 saturated heterocycles. The molecule has 0 aromatic heterocycles. The van der Waals surface area contributed by atoms with Gasteiger partial charge in [0.15, 0.2) is 0 Å². The molecule has 0 bridgehead atoms. The van der Waals surface area contributed by atoms with Crippen molar-refractivity contribution in [3.8, 4) is 0 Å². The maximum absolute atomic E-state index is 12.1. The lowest BCUT2D eigenvalue weighted by Crippen LogP contribution is -2.38. The highest BCUT2D eigenvalue weighted by molar-refractivity contribution is 6.33. The van der Waals surface area contributed by atoms with Crippen LogP contribution in [0.15, 0.2) is 18.2 Å². The summed E-state index contributed by atoms with van der Waals surface area (Å²) in [6.45, 7) is 2.28. The summed E-state index contributed by atoms with van der Waals surface area (Å²) in [6.07, 6.45) is 2.02. The van der Waals surface area contributed by atoms with Crippen LogP contribution in [0.1, 0.15) is 18.4 Å². The van der Waals surface area contributed by atoms with E-state index in [2.05, 4.69) is 5.32 Å². The average Bonchev–Trinajstić information content (AvgIpc) is 3.13. The number of nitrogens with one attached hydrogen (secondary N) is 1. The van der Waals surface area contributed by atoms with Gasteiger partial charge >= 0.3 is 6.03 Å². The smallest absolute Gasteiger partial charge is 0.322 e. The Labute approximate surface area is 112 Å². The number of aliphatic hydroxyl groups is 1. The third kappa shape index (κ3) is 3.15. The first-order chi connectivity index (χ1) is 8.61. The molecule has 98 valence electrons. The minimum absolute atomic E-state index is 0.0223. The molecule has 0 unspecified atom stereocenters. The molecule has 2 rings (SSSR count). The van der Waals surface area contributed by atoms with Crippen LogP contribution in [0.25, 0.3) is 0 Å². The molecule has 0 radical (unpaired) electrons. The van der Waals surface area contributed by atoms with Gasteiger partial charge in [0.2, 0.25) is 0 Å². The average molecular weight is 269 g/mol. The van der Waals surface area contributed by atoms with Crippen molar-refractivity contribution in [1.82, 2.24) is 4.90 Å². The van der Waals surface area contributed by atoms with E-state index < -0.39 is 0 Å². The number of aliphatic hydroxyl groups excluding tert-OH is 1. The Morgan fingerprint density at radius 2 is 2.28 bits per heavy atom. The van der Waals surface area contributed by atoms with E-state index in [1.165, 1.54) is 0 Å². The summed E-state index contributed by atoms with van der Waals surface area (Å²) in [7, 11) is 0. The van der Waals surface area contributed by atoms with Gasteiger partial charge in [-0.15, -0.1) is 0 Å². The van der Waals surface area contributed by atoms with Gasteiger partial charge in [0, 0.05) is 12.6 Å². The predicted molar refractivity (Wildman–Crippen MR) is 72.0 cm³/mol. The first kappa shape index (κ1) is 13.2. The molecule has 1 aliphatic carbocycles. The fraction of sp³-hybridized carbons (Fsp3) is 0.462. The first-order valence-electron chi connectivity index (χ1n) is 6.06. The molecule has 18 heavy (non-hydrogen) atoms. The molecule has 0 spiro atoms. The number of benzene rings is 1. The number of anilines is 1. The van der Waals surface area contributed by atoms with Gasteiger partial charge in [0.1, 0.15) is 0 Å². The zero-order valence-electron chi connectivity index (χ0n) is 10.3. The summed E-state index contributed by atoms with van der Waals surface area (Å²) in [4.78, 5) is 13.7. The maximum Gasteiger partial charge on any atom is 0.322 e. The van der Waals surface area contributed by atoms with Gasteiger partial charge in [-0.1, -0.05) is 17.7 Å². The monoisotopic (exact) mass is 268 g/mol. The van der Waals surface area contributed by atoms with Crippen LogP contribution >= 0.6 is 11.6 Å². The lowest BCUT2D eigenvalue weighted by molar-refractivity contribution is 0.185. The van der Waals surface area contributed by atoms with Crippen molar-refractivity contribution in [3.63, 3.8) is 0 Å². The van der Waals surface area contributed by atoms with E-state index in [9.17, 15) is 4.79 Å². The second-order valence-corrected chi connectivity index (χ2v) is 4.97. The molecule has 4 nitrogen and oxygen atoms in total. The number of hydrogen-bond acceptors (Lipinski definition) is 2. The molecule has 2 amide bonds. The van der Waals surface area contributed by atoms with Crippen LogP contribution in [0.4, 0.5) is 10.5 Å². The van der Waals surface area contributed by atoms with Crippen LogP contribution < -0.4 is 5.32 Å². The van der Waals surface area contributed by atoms with Crippen molar-refractivity contribution in [2.75, 3.05) is 18.5 Å². The molecule has 1 aliphatic rings. The Morgan fingerprint density at radius 3 is 2.83 bits per heavy atom. The van der Waals surface area contributed by atoms with Crippen molar-refractivity contribution in [3.05, 3.63) is 28.8 Å². The first-order valence-corrected chi connectivity index (χ1v) is 6.44. The number of carbonyl (C=O) groups excluding carboxylic acids is 1. The molecular formula is C13H17ClN2O2. The summed E-state index contributed by atoms with van der Waals surface area (Å²) in [6, 6.07) is 5.57. The van der Waals surface area contributed by atoms with Gasteiger partial charge in [0.05, 0.1) is 17.3 Å². The summed E-state index contributed by atoms with van der Waals surface area (Å²) >= 11 is 6.07. The van der Waals surface area contributed by atoms with E-state index in [-0.39, 0.29) is 18.7 Å². The Hall–Kier alpha value is -1.26. The third-order valence-corrected chi connectivity index (χ3v) is 3.27. The van der Waals surface area contributed by atoms with Crippen LogP contribution in [-0.2, 0) is 0 Å². The summed E-state index contributed by atoms with van der Waals surface area (Å²) in [5.41, 5.74) is 1.66. The molecule has 1 aromatic rings. The number of carbonyl (C=O) groups is 1. The molecule has 0 atom stereocenters. The lowest BCUT2D eigenvalue weighted by atomic mass is 10.2. The third-order valence-electron chi connectivity index (χ3n) is 2.96. The molecule has 5 heteroatoms. The molecule has 1 aromatic carbocycles. The van der Waals surface area contributed by atoms with Crippen LogP contribution in [0.5, 0.6) is 0 Å². The number of aryl methyl sites for hydroxylation is 1. The molecule has 2 N–H and O–H groups in total. The van der Waals surface area contributed by atoms with Crippen molar-refractivity contribution in [2.24, 2.45) is 0 Å². The SMILES string of the molecule is Cc1ccc(NC(=O)N(CCO)C2CC2)c(Cl)c1.